The Morgan fingerprint density at radius 3 is 2.50 bits per heavy atom. The molecule has 3 aliphatic heterocycles. The quantitative estimate of drug-likeness (QED) is 0.337. The van der Waals surface area contributed by atoms with E-state index in [1.807, 2.05) is 6.92 Å². The minimum atomic E-state index is -0.877. The topological polar surface area (TPSA) is 135 Å². The maximum Gasteiger partial charge on any atom is 0.334 e. The van der Waals surface area contributed by atoms with Gasteiger partial charge in [0.05, 0.1) is 24.2 Å². The molecule has 0 aromatic heterocycles. The number of esters is 4. The van der Waals surface area contributed by atoms with Crippen LogP contribution in [0.15, 0.2) is 23.8 Å². The fourth-order valence-electron chi connectivity index (χ4n) is 4.82. The summed E-state index contributed by atoms with van der Waals surface area (Å²) in [5, 5.41) is 10.8. The van der Waals surface area contributed by atoms with Crippen LogP contribution >= 0.6 is 0 Å². The van der Waals surface area contributed by atoms with Crippen LogP contribution in [0, 0.1) is 11.8 Å². The van der Waals surface area contributed by atoms with E-state index in [4.69, 9.17) is 23.7 Å². The molecule has 7 unspecified atom stereocenters. The summed E-state index contributed by atoms with van der Waals surface area (Å²) in [4.78, 5) is 47.7. The van der Waals surface area contributed by atoms with Gasteiger partial charge in [-0.2, -0.15) is 0 Å². The minimum absolute atomic E-state index is 0.0695. The van der Waals surface area contributed by atoms with Crippen LogP contribution in [0.2, 0.25) is 0 Å². The van der Waals surface area contributed by atoms with Gasteiger partial charge in [-0.1, -0.05) is 6.58 Å². The van der Waals surface area contributed by atoms with Crippen molar-refractivity contribution in [3.63, 3.8) is 0 Å². The average Bonchev–Trinajstić information content (AvgIpc) is 2.90. The van der Waals surface area contributed by atoms with Crippen molar-refractivity contribution in [1.29, 1.82) is 0 Å². The molecule has 2 bridgehead atoms. The van der Waals surface area contributed by atoms with E-state index in [1.54, 1.807) is 0 Å². The number of aliphatic hydroxyl groups is 1. The highest BCUT2D eigenvalue weighted by atomic mass is 16.6. The summed E-state index contributed by atoms with van der Waals surface area (Å²) in [6.07, 6.45) is -0.786. The molecule has 3 aliphatic rings. The van der Waals surface area contributed by atoms with Crippen molar-refractivity contribution in [2.24, 2.45) is 11.8 Å². The number of carbonyl (C=O) groups excluding carboxylic acids is 4. The Kier molecular flexibility index (Phi) is 7.82. The van der Waals surface area contributed by atoms with Gasteiger partial charge in [-0.25, -0.2) is 9.59 Å². The highest BCUT2D eigenvalue weighted by Crippen LogP contribution is 2.47. The smallest absolute Gasteiger partial charge is 0.334 e. The molecule has 7 atom stereocenters. The van der Waals surface area contributed by atoms with E-state index in [0.717, 1.165) is 0 Å². The molecule has 10 nitrogen and oxygen atoms in total. The summed E-state index contributed by atoms with van der Waals surface area (Å²) in [7, 11) is 0. The first-order valence-corrected chi connectivity index (χ1v) is 11.3. The molecular weight excluding hydrogens is 448 g/mol. The Bertz CT molecular complexity index is 892. The average molecular weight is 481 g/mol. The summed E-state index contributed by atoms with van der Waals surface area (Å²) in [6, 6.07) is 0. The van der Waals surface area contributed by atoms with Gasteiger partial charge in [0.1, 0.15) is 24.9 Å². The standard InChI is InChI=1S/C24H32O10/c1-12(7-9-30-14(3)25)22(28)32-18-10-24(5)8-6-17(27)16(11-31-15(4)26)20(34-24)21-19(18)13(2)23(29)33-21/h7,16-21,27H,2,6,8-11H2,1,3-5H3. The van der Waals surface area contributed by atoms with E-state index in [0.29, 0.717) is 12.8 Å². The molecule has 10 heteroatoms. The monoisotopic (exact) mass is 480 g/mol. The van der Waals surface area contributed by atoms with Gasteiger partial charge in [-0.15, -0.1) is 0 Å². The number of carbonyl (C=O) groups is 4. The molecule has 1 N–H and O–H groups in total. The van der Waals surface area contributed by atoms with E-state index in [-0.39, 0.29) is 30.8 Å². The Morgan fingerprint density at radius 1 is 1.18 bits per heavy atom. The molecule has 0 spiro atoms. The van der Waals surface area contributed by atoms with Gasteiger partial charge in [0.2, 0.25) is 0 Å². The molecule has 3 heterocycles. The summed E-state index contributed by atoms with van der Waals surface area (Å²) in [6.45, 7) is 9.63. The van der Waals surface area contributed by atoms with E-state index in [9.17, 15) is 24.3 Å². The highest BCUT2D eigenvalue weighted by molar-refractivity contribution is 5.91. The van der Waals surface area contributed by atoms with Gasteiger partial charge in [0.25, 0.3) is 0 Å². The first kappa shape index (κ1) is 25.9. The lowest BCUT2D eigenvalue weighted by molar-refractivity contribution is -0.173. The Balaban J connectivity index is 1.90. The molecule has 0 amide bonds. The largest absolute Gasteiger partial charge is 0.465 e. The second-order valence-corrected chi connectivity index (χ2v) is 9.36. The summed E-state index contributed by atoms with van der Waals surface area (Å²) >= 11 is 0. The number of ether oxygens (including phenoxy) is 5. The number of aliphatic hydroxyl groups excluding tert-OH is 1. The third-order valence-electron chi connectivity index (χ3n) is 6.66. The van der Waals surface area contributed by atoms with Gasteiger partial charge in [-0.3, -0.25) is 9.59 Å². The van der Waals surface area contributed by atoms with Crippen LogP contribution in [0.1, 0.15) is 47.0 Å². The number of fused-ring (bicyclic) bond motifs is 4. The van der Waals surface area contributed by atoms with Crippen molar-refractivity contribution in [1.82, 2.24) is 0 Å². The number of hydrogen-bond donors (Lipinski definition) is 1. The Morgan fingerprint density at radius 2 is 1.85 bits per heavy atom. The SMILES string of the molecule is C=C1C(=O)OC2C3OC(C)(CCC(O)C3COC(C)=O)CC(OC(=O)C(C)=CCOC(C)=O)C12. The molecule has 0 saturated carbocycles. The summed E-state index contributed by atoms with van der Waals surface area (Å²) in [5.74, 6) is -3.57. The molecule has 34 heavy (non-hydrogen) atoms. The fraction of sp³-hybridized carbons (Fsp3) is 0.667. The molecular formula is C24H32O10. The van der Waals surface area contributed by atoms with Gasteiger partial charge in [0.15, 0.2) is 0 Å². The maximum absolute atomic E-state index is 12.8. The van der Waals surface area contributed by atoms with Gasteiger partial charge < -0.3 is 28.8 Å². The lowest BCUT2D eigenvalue weighted by Crippen LogP contribution is -2.47. The van der Waals surface area contributed by atoms with E-state index < -0.39 is 65.7 Å². The molecule has 0 aliphatic carbocycles. The van der Waals surface area contributed by atoms with Crippen molar-refractivity contribution in [3.05, 3.63) is 23.8 Å². The lowest BCUT2D eigenvalue weighted by atomic mass is 9.78. The molecule has 0 aromatic carbocycles. The number of hydrogen-bond acceptors (Lipinski definition) is 10. The van der Waals surface area contributed by atoms with Crippen LogP contribution in [-0.4, -0.2) is 72.2 Å². The molecule has 3 rings (SSSR count). The minimum Gasteiger partial charge on any atom is -0.465 e. The number of rotatable bonds is 6. The van der Waals surface area contributed by atoms with Crippen LogP contribution < -0.4 is 0 Å². The third-order valence-corrected chi connectivity index (χ3v) is 6.66. The van der Waals surface area contributed by atoms with E-state index in [2.05, 4.69) is 6.58 Å². The van der Waals surface area contributed by atoms with Crippen molar-refractivity contribution in [3.8, 4) is 0 Å². The molecule has 0 radical (unpaired) electrons. The molecule has 3 fully saturated rings. The molecule has 0 aromatic rings. The lowest BCUT2D eigenvalue weighted by Gasteiger charge is -2.34. The van der Waals surface area contributed by atoms with Crippen LogP contribution in [0.25, 0.3) is 0 Å². The van der Waals surface area contributed by atoms with E-state index in [1.165, 1.54) is 26.8 Å². The Hall–Kier alpha value is -2.72. The summed E-state index contributed by atoms with van der Waals surface area (Å²) in [5.41, 5.74) is -0.399. The van der Waals surface area contributed by atoms with Crippen molar-refractivity contribution < 1.29 is 48.0 Å². The van der Waals surface area contributed by atoms with Crippen LogP contribution in [0.4, 0.5) is 0 Å². The zero-order chi connectivity index (χ0) is 25.2. The maximum atomic E-state index is 12.8. The predicted octanol–water partition coefficient (Wildman–Crippen LogP) is 1.39. The first-order valence-electron chi connectivity index (χ1n) is 11.3. The predicted molar refractivity (Wildman–Crippen MR) is 116 cm³/mol. The third kappa shape index (κ3) is 5.67. The van der Waals surface area contributed by atoms with Crippen LogP contribution in [0.5, 0.6) is 0 Å². The normalized spacial score (nSPS) is 35.4. The van der Waals surface area contributed by atoms with Crippen LogP contribution in [0.3, 0.4) is 0 Å². The van der Waals surface area contributed by atoms with Gasteiger partial charge >= 0.3 is 23.9 Å². The van der Waals surface area contributed by atoms with Crippen molar-refractivity contribution >= 4 is 23.9 Å². The van der Waals surface area contributed by atoms with Crippen LogP contribution in [-0.2, 0) is 42.9 Å². The second kappa shape index (κ2) is 10.3. The van der Waals surface area contributed by atoms with Gasteiger partial charge in [-0.05, 0) is 32.8 Å². The zero-order valence-corrected chi connectivity index (χ0v) is 19.9. The highest BCUT2D eigenvalue weighted by Gasteiger charge is 2.58. The second-order valence-electron chi connectivity index (χ2n) is 9.36. The zero-order valence-electron chi connectivity index (χ0n) is 19.9. The van der Waals surface area contributed by atoms with Crippen molar-refractivity contribution in [2.75, 3.05) is 13.2 Å². The fourth-order valence-corrected chi connectivity index (χ4v) is 4.82. The van der Waals surface area contributed by atoms with Crippen molar-refractivity contribution in [2.45, 2.75) is 77.0 Å². The first-order chi connectivity index (χ1) is 15.9. The summed E-state index contributed by atoms with van der Waals surface area (Å²) < 4.78 is 27.9. The Labute approximate surface area is 198 Å². The molecule has 3 saturated heterocycles. The van der Waals surface area contributed by atoms with E-state index >= 15 is 0 Å². The molecule has 188 valence electrons. The van der Waals surface area contributed by atoms with Gasteiger partial charge in [0, 0.05) is 37.3 Å².